The predicted molar refractivity (Wildman–Crippen MR) is 109 cm³/mol. The number of anilines is 2. The van der Waals surface area contributed by atoms with Crippen molar-refractivity contribution in [3.8, 4) is 0 Å². The van der Waals surface area contributed by atoms with Crippen LogP contribution in [0.4, 0.5) is 10.8 Å². The molecule has 0 spiro atoms. The quantitative estimate of drug-likeness (QED) is 0.727. The molecule has 2 aromatic carbocycles. The average molecular weight is 366 g/mol. The smallest absolute Gasteiger partial charge is 0.227 e. The number of amides is 1. The summed E-state index contributed by atoms with van der Waals surface area (Å²) in [5.41, 5.74) is 4.26. The number of benzene rings is 2. The molecule has 1 saturated heterocycles. The lowest BCUT2D eigenvalue weighted by Crippen LogP contribution is -2.38. The number of aromatic nitrogens is 1. The normalized spacial score (nSPS) is 15.4. The van der Waals surface area contributed by atoms with E-state index < -0.39 is 0 Å². The number of aryl methyl sites for hydroxylation is 2. The van der Waals surface area contributed by atoms with E-state index in [1.54, 1.807) is 11.3 Å². The van der Waals surface area contributed by atoms with Crippen LogP contribution in [0, 0.1) is 19.8 Å². The second-order valence-electron chi connectivity index (χ2n) is 7.03. The van der Waals surface area contributed by atoms with Crippen LogP contribution in [0.1, 0.15) is 24.0 Å². The van der Waals surface area contributed by atoms with Crippen LogP contribution in [-0.4, -0.2) is 24.0 Å². The summed E-state index contributed by atoms with van der Waals surface area (Å²) in [5.74, 6) is 0.211. The number of hydrogen-bond acceptors (Lipinski definition) is 4. The van der Waals surface area contributed by atoms with Crippen LogP contribution in [0.25, 0.3) is 10.2 Å². The van der Waals surface area contributed by atoms with Gasteiger partial charge in [0.1, 0.15) is 0 Å². The van der Waals surface area contributed by atoms with E-state index >= 15 is 0 Å². The minimum atomic E-state index is 0.0699. The van der Waals surface area contributed by atoms with E-state index in [-0.39, 0.29) is 11.8 Å². The third-order valence-corrected chi connectivity index (χ3v) is 6.17. The average Bonchev–Trinajstić information content (AvgIpc) is 3.09. The third kappa shape index (κ3) is 3.44. The molecule has 3 aromatic rings. The van der Waals surface area contributed by atoms with Gasteiger partial charge in [0, 0.05) is 24.7 Å². The van der Waals surface area contributed by atoms with E-state index in [2.05, 4.69) is 34.5 Å². The molecule has 0 bridgehead atoms. The van der Waals surface area contributed by atoms with Gasteiger partial charge in [-0.05, 0) is 56.0 Å². The Kier molecular flexibility index (Phi) is 4.64. The number of carbonyl (C=O) groups excluding carboxylic acids is 1. The largest absolute Gasteiger partial charge is 0.348 e. The minimum absolute atomic E-state index is 0.0699. The van der Waals surface area contributed by atoms with Crippen molar-refractivity contribution in [2.24, 2.45) is 5.92 Å². The van der Waals surface area contributed by atoms with Gasteiger partial charge in [-0.3, -0.25) is 4.79 Å². The lowest BCUT2D eigenvalue weighted by Gasteiger charge is -2.31. The molecule has 2 heterocycles. The van der Waals surface area contributed by atoms with Gasteiger partial charge in [-0.2, -0.15) is 0 Å². The molecule has 1 aromatic heterocycles. The Morgan fingerprint density at radius 1 is 1.15 bits per heavy atom. The van der Waals surface area contributed by atoms with Gasteiger partial charge in [-0.25, -0.2) is 4.98 Å². The zero-order valence-electron chi connectivity index (χ0n) is 15.2. The Hall–Kier alpha value is -2.40. The van der Waals surface area contributed by atoms with E-state index in [1.807, 2.05) is 32.0 Å². The highest BCUT2D eigenvalue weighted by atomic mass is 32.1. The molecule has 26 heavy (non-hydrogen) atoms. The molecule has 0 unspecified atom stereocenters. The fourth-order valence-electron chi connectivity index (χ4n) is 3.43. The summed E-state index contributed by atoms with van der Waals surface area (Å²) >= 11 is 1.73. The molecule has 1 N–H and O–H groups in total. The van der Waals surface area contributed by atoms with Gasteiger partial charge in [0.15, 0.2) is 5.13 Å². The maximum atomic E-state index is 12.7. The molecule has 4 rings (SSSR count). The highest BCUT2D eigenvalue weighted by molar-refractivity contribution is 7.22. The first-order valence-corrected chi connectivity index (χ1v) is 9.90. The van der Waals surface area contributed by atoms with E-state index in [4.69, 9.17) is 4.98 Å². The summed E-state index contributed by atoms with van der Waals surface area (Å²) < 4.78 is 1.22. The number of piperidine rings is 1. The van der Waals surface area contributed by atoms with E-state index in [9.17, 15) is 4.79 Å². The van der Waals surface area contributed by atoms with Crippen LogP contribution in [0.3, 0.4) is 0 Å². The van der Waals surface area contributed by atoms with Crippen LogP contribution < -0.4 is 10.2 Å². The van der Waals surface area contributed by atoms with Crippen molar-refractivity contribution in [3.05, 3.63) is 53.6 Å². The Balaban J connectivity index is 1.39. The molecular weight excluding hydrogens is 342 g/mol. The number of nitrogens with one attached hydrogen (secondary N) is 1. The molecule has 1 aliphatic rings. The lowest BCUT2D eigenvalue weighted by molar-refractivity contribution is -0.120. The van der Waals surface area contributed by atoms with Crippen LogP contribution in [0.2, 0.25) is 0 Å². The molecule has 0 aliphatic carbocycles. The molecule has 4 nitrogen and oxygen atoms in total. The monoisotopic (exact) mass is 365 g/mol. The van der Waals surface area contributed by atoms with E-state index in [0.717, 1.165) is 53.4 Å². The van der Waals surface area contributed by atoms with E-state index in [0.29, 0.717) is 0 Å². The number of thiazole rings is 1. The highest BCUT2D eigenvalue weighted by Crippen LogP contribution is 2.31. The Morgan fingerprint density at radius 3 is 2.69 bits per heavy atom. The summed E-state index contributed by atoms with van der Waals surface area (Å²) in [4.78, 5) is 19.7. The molecule has 0 radical (unpaired) electrons. The number of nitrogens with zero attached hydrogens (tertiary/aromatic N) is 2. The van der Waals surface area contributed by atoms with Gasteiger partial charge in [-0.15, -0.1) is 0 Å². The van der Waals surface area contributed by atoms with Crippen molar-refractivity contribution in [3.63, 3.8) is 0 Å². The van der Waals surface area contributed by atoms with Crippen LogP contribution in [-0.2, 0) is 4.79 Å². The fourth-order valence-corrected chi connectivity index (χ4v) is 4.45. The second-order valence-corrected chi connectivity index (χ2v) is 8.04. The summed E-state index contributed by atoms with van der Waals surface area (Å²) in [6, 6.07) is 14.4. The summed E-state index contributed by atoms with van der Waals surface area (Å²) in [5, 5.41) is 4.20. The van der Waals surface area contributed by atoms with Gasteiger partial charge >= 0.3 is 0 Å². The van der Waals surface area contributed by atoms with Gasteiger partial charge in [0.2, 0.25) is 5.91 Å². The van der Waals surface area contributed by atoms with Crippen LogP contribution in [0.5, 0.6) is 0 Å². The van der Waals surface area contributed by atoms with Gasteiger partial charge < -0.3 is 10.2 Å². The number of hydrogen-bond donors (Lipinski definition) is 1. The number of fused-ring (bicyclic) bond motifs is 1. The van der Waals surface area contributed by atoms with Crippen molar-refractivity contribution < 1.29 is 4.79 Å². The first-order chi connectivity index (χ1) is 12.6. The van der Waals surface area contributed by atoms with Gasteiger partial charge in [0.25, 0.3) is 0 Å². The standard InChI is InChI=1S/C21H23N3OS/c1-14-7-8-15(2)18(13-14)22-20(25)16-9-11-24(12-10-16)21-23-17-5-3-4-6-19(17)26-21/h3-8,13,16H,9-12H2,1-2H3,(H,22,25). The Morgan fingerprint density at radius 2 is 1.92 bits per heavy atom. The molecule has 1 amide bonds. The van der Waals surface area contributed by atoms with Crippen molar-refractivity contribution >= 4 is 38.3 Å². The highest BCUT2D eigenvalue weighted by Gasteiger charge is 2.26. The maximum Gasteiger partial charge on any atom is 0.227 e. The summed E-state index contributed by atoms with van der Waals surface area (Å²) in [7, 11) is 0. The summed E-state index contributed by atoms with van der Waals surface area (Å²) in [6.45, 7) is 5.84. The molecule has 5 heteroatoms. The molecule has 134 valence electrons. The van der Waals surface area contributed by atoms with Crippen molar-refractivity contribution in [1.29, 1.82) is 0 Å². The van der Waals surface area contributed by atoms with E-state index in [1.165, 1.54) is 4.70 Å². The van der Waals surface area contributed by atoms with Crippen molar-refractivity contribution in [2.45, 2.75) is 26.7 Å². The number of rotatable bonds is 3. The Labute approximate surface area is 157 Å². The zero-order chi connectivity index (χ0) is 18.1. The van der Waals surface area contributed by atoms with Crippen LogP contribution in [0.15, 0.2) is 42.5 Å². The fraction of sp³-hybridized carbons (Fsp3) is 0.333. The molecule has 1 fully saturated rings. The van der Waals surface area contributed by atoms with Crippen LogP contribution >= 0.6 is 11.3 Å². The maximum absolute atomic E-state index is 12.7. The first-order valence-electron chi connectivity index (χ1n) is 9.09. The Bertz CT molecular complexity index is 908. The number of para-hydroxylation sites is 1. The number of carbonyl (C=O) groups is 1. The predicted octanol–water partition coefficient (Wildman–Crippen LogP) is 4.77. The van der Waals surface area contributed by atoms with Gasteiger partial charge in [-0.1, -0.05) is 35.6 Å². The zero-order valence-corrected chi connectivity index (χ0v) is 16.0. The van der Waals surface area contributed by atoms with Crippen molar-refractivity contribution in [2.75, 3.05) is 23.3 Å². The molecule has 0 atom stereocenters. The molecular formula is C21H23N3OS. The topological polar surface area (TPSA) is 45.2 Å². The third-order valence-electron chi connectivity index (χ3n) is 5.07. The lowest BCUT2D eigenvalue weighted by atomic mass is 9.96. The SMILES string of the molecule is Cc1ccc(C)c(NC(=O)C2CCN(c3nc4ccccc4s3)CC2)c1. The first kappa shape index (κ1) is 17.0. The van der Waals surface area contributed by atoms with Gasteiger partial charge in [0.05, 0.1) is 10.2 Å². The molecule has 1 aliphatic heterocycles. The molecule has 0 saturated carbocycles. The minimum Gasteiger partial charge on any atom is -0.348 e. The summed E-state index contributed by atoms with van der Waals surface area (Å²) in [6.07, 6.45) is 1.74. The van der Waals surface area contributed by atoms with Crippen molar-refractivity contribution in [1.82, 2.24) is 4.98 Å². The second kappa shape index (κ2) is 7.08.